The van der Waals surface area contributed by atoms with E-state index < -0.39 is 11.7 Å². The minimum absolute atomic E-state index is 0.137. The van der Waals surface area contributed by atoms with E-state index in [1.165, 1.54) is 6.07 Å². The number of ether oxygens (including phenoxy) is 1. The molecule has 0 unspecified atom stereocenters. The number of benzene rings is 1. The van der Waals surface area contributed by atoms with Crippen LogP contribution < -0.4 is 11.1 Å². The van der Waals surface area contributed by atoms with Crippen LogP contribution in [-0.4, -0.2) is 23.7 Å². The smallest absolute Gasteiger partial charge is 0.389 e. The molecular weight excluding hydrogens is 301 g/mol. The van der Waals surface area contributed by atoms with Gasteiger partial charge in [-0.15, -0.1) is 0 Å². The maximum Gasteiger partial charge on any atom is 0.417 e. The molecule has 0 aromatic heterocycles. The number of anilines is 1. The van der Waals surface area contributed by atoms with Gasteiger partial charge >= 0.3 is 6.18 Å². The second-order valence-electron chi connectivity index (χ2n) is 5.01. The van der Waals surface area contributed by atoms with Gasteiger partial charge in [-0.05, 0) is 38.0 Å². The Morgan fingerprint density at radius 2 is 2.10 bits per heavy atom. The van der Waals surface area contributed by atoms with Crippen LogP contribution in [0.15, 0.2) is 18.2 Å². The molecule has 0 amide bonds. The lowest BCUT2D eigenvalue weighted by Gasteiger charge is -2.36. The Bertz CT molecular complexity index is 527. The average Bonchev–Trinajstić information content (AvgIpc) is 2.35. The van der Waals surface area contributed by atoms with Gasteiger partial charge in [0.15, 0.2) is 0 Å². The molecule has 116 valence electrons. The number of hydrogen-bond acceptors (Lipinski definition) is 3. The number of thiocarbonyl (C=S) groups is 1. The molecule has 0 radical (unpaired) electrons. The van der Waals surface area contributed by atoms with E-state index in [-0.39, 0.29) is 22.7 Å². The second kappa shape index (κ2) is 6.19. The molecule has 1 aliphatic rings. The summed E-state index contributed by atoms with van der Waals surface area (Å²) in [6, 6.07) is 4.07. The van der Waals surface area contributed by atoms with Crippen molar-refractivity contribution in [3.63, 3.8) is 0 Å². The van der Waals surface area contributed by atoms with E-state index in [2.05, 4.69) is 17.5 Å². The molecule has 0 atom stereocenters. The zero-order chi connectivity index (χ0) is 15.6. The molecule has 1 aliphatic carbocycles. The summed E-state index contributed by atoms with van der Waals surface area (Å²) in [5.41, 5.74) is 4.81. The molecule has 1 fully saturated rings. The standard InChI is InChI=1S/C14H17F3N2OS/c1-2-20-10-5-9(6-10)19-8-3-4-11(13(18)21)12(7-8)14(15,16)17/h3-4,7,9-10,19H,2,5-6H2,1H3,(H2,18,21). The fourth-order valence-corrected chi connectivity index (χ4v) is 2.55. The first-order chi connectivity index (χ1) is 9.81. The van der Waals surface area contributed by atoms with Crippen molar-refractivity contribution in [2.24, 2.45) is 5.73 Å². The number of hydrogen-bond donors (Lipinski definition) is 2. The normalized spacial score (nSPS) is 21.7. The van der Waals surface area contributed by atoms with Crippen molar-refractivity contribution in [2.75, 3.05) is 11.9 Å². The van der Waals surface area contributed by atoms with Crippen molar-refractivity contribution >= 4 is 22.9 Å². The number of rotatable bonds is 5. The quantitative estimate of drug-likeness (QED) is 0.818. The monoisotopic (exact) mass is 318 g/mol. The third-order valence-corrected chi connectivity index (χ3v) is 3.68. The minimum Gasteiger partial charge on any atom is -0.389 e. The first-order valence-corrected chi connectivity index (χ1v) is 7.11. The highest BCUT2D eigenvalue weighted by Crippen LogP contribution is 2.35. The Kier molecular flexibility index (Phi) is 4.73. The van der Waals surface area contributed by atoms with Crippen molar-refractivity contribution in [3.05, 3.63) is 29.3 Å². The molecule has 1 aromatic rings. The maximum absolute atomic E-state index is 13.0. The third-order valence-electron chi connectivity index (χ3n) is 3.46. The molecule has 1 saturated carbocycles. The fraction of sp³-hybridized carbons (Fsp3) is 0.500. The Hall–Kier alpha value is -1.34. The topological polar surface area (TPSA) is 47.3 Å². The zero-order valence-electron chi connectivity index (χ0n) is 11.5. The summed E-state index contributed by atoms with van der Waals surface area (Å²) >= 11 is 4.67. The summed E-state index contributed by atoms with van der Waals surface area (Å²) in [4.78, 5) is -0.256. The maximum atomic E-state index is 13.0. The van der Waals surface area contributed by atoms with Gasteiger partial charge in [0.2, 0.25) is 0 Å². The van der Waals surface area contributed by atoms with Crippen LogP contribution in [-0.2, 0) is 10.9 Å². The lowest BCUT2D eigenvalue weighted by molar-refractivity contribution is -0.137. The van der Waals surface area contributed by atoms with Gasteiger partial charge in [0.25, 0.3) is 0 Å². The van der Waals surface area contributed by atoms with Crippen LogP contribution in [0.1, 0.15) is 30.9 Å². The van der Waals surface area contributed by atoms with Crippen molar-refractivity contribution < 1.29 is 17.9 Å². The Morgan fingerprint density at radius 3 is 2.62 bits per heavy atom. The van der Waals surface area contributed by atoms with Gasteiger partial charge < -0.3 is 15.8 Å². The largest absolute Gasteiger partial charge is 0.417 e. The van der Waals surface area contributed by atoms with Gasteiger partial charge in [-0.1, -0.05) is 12.2 Å². The summed E-state index contributed by atoms with van der Waals surface area (Å²) in [5, 5.41) is 3.08. The predicted octanol–water partition coefficient (Wildman–Crippen LogP) is 3.32. The molecule has 0 aliphatic heterocycles. The SMILES string of the molecule is CCOC1CC(Nc2ccc(C(N)=S)c(C(F)(F)F)c2)C1. The summed E-state index contributed by atoms with van der Waals surface area (Å²) < 4.78 is 44.5. The molecule has 21 heavy (non-hydrogen) atoms. The number of alkyl halides is 3. The van der Waals surface area contributed by atoms with E-state index in [1.807, 2.05) is 6.92 Å². The molecule has 3 N–H and O–H groups in total. The van der Waals surface area contributed by atoms with Gasteiger partial charge in [-0.2, -0.15) is 13.2 Å². The highest BCUT2D eigenvalue weighted by Gasteiger charge is 2.35. The number of nitrogens with one attached hydrogen (secondary N) is 1. The van der Waals surface area contributed by atoms with Crippen LogP contribution in [0.4, 0.5) is 18.9 Å². The molecule has 0 heterocycles. The Morgan fingerprint density at radius 1 is 1.43 bits per heavy atom. The van der Waals surface area contributed by atoms with E-state index in [9.17, 15) is 13.2 Å². The van der Waals surface area contributed by atoms with Gasteiger partial charge in [-0.25, -0.2) is 0 Å². The zero-order valence-corrected chi connectivity index (χ0v) is 12.4. The lowest BCUT2D eigenvalue weighted by Crippen LogP contribution is -2.40. The van der Waals surface area contributed by atoms with E-state index in [1.54, 1.807) is 6.07 Å². The van der Waals surface area contributed by atoms with Gasteiger partial charge in [-0.3, -0.25) is 0 Å². The molecule has 1 aromatic carbocycles. The highest BCUT2D eigenvalue weighted by molar-refractivity contribution is 7.80. The highest BCUT2D eigenvalue weighted by atomic mass is 32.1. The van der Waals surface area contributed by atoms with Gasteiger partial charge in [0.1, 0.15) is 4.99 Å². The van der Waals surface area contributed by atoms with Crippen molar-refractivity contribution in [1.82, 2.24) is 0 Å². The minimum atomic E-state index is -4.48. The van der Waals surface area contributed by atoms with E-state index in [0.29, 0.717) is 12.3 Å². The van der Waals surface area contributed by atoms with Crippen LogP contribution >= 0.6 is 12.2 Å². The van der Waals surface area contributed by atoms with E-state index in [4.69, 9.17) is 10.5 Å². The Labute approximate surface area is 126 Å². The fourth-order valence-electron chi connectivity index (χ4n) is 2.37. The van der Waals surface area contributed by atoms with Crippen LogP contribution in [0.3, 0.4) is 0 Å². The van der Waals surface area contributed by atoms with Crippen LogP contribution in [0.5, 0.6) is 0 Å². The number of halogens is 3. The molecule has 0 spiro atoms. The summed E-state index contributed by atoms with van der Waals surface area (Å²) in [6.07, 6.45) is -2.69. The average molecular weight is 318 g/mol. The van der Waals surface area contributed by atoms with Crippen LogP contribution in [0, 0.1) is 0 Å². The molecule has 0 bridgehead atoms. The lowest BCUT2D eigenvalue weighted by atomic mass is 9.89. The Balaban J connectivity index is 2.10. The van der Waals surface area contributed by atoms with E-state index >= 15 is 0 Å². The van der Waals surface area contributed by atoms with Gasteiger partial charge in [0.05, 0.1) is 11.7 Å². The van der Waals surface area contributed by atoms with E-state index in [0.717, 1.165) is 18.9 Å². The summed E-state index contributed by atoms with van der Waals surface area (Å²) in [6.45, 7) is 2.57. The van der Waals surface area contributed by atoms with Crippen molar-refractivity contribution in [2.45, 2.75) is 38.1 Å². The summed E-state index contributed by atoms with van der Waals surface area (Å²) in [7, 11) is 0. The second-order valence-corrected chi connectivity index (χ2v) is 5.45. The van der Waals surface area contributed by atoms with Crippen LogP contribution in [0.25, 0.3) is 0 Å². The molecule has 0 saturated heterocycles. The first kappa shape index (κ1) is 16.0. The van der Waals surface area contributed by atoms with Gasteiger partial charge in [0, 0.05) is 23.9 Å². The predicted molar refractivity (Wildman–Crippen MR) is 79.4 cm³/mol. The number of nitrogens with two attached hydrogens (primary N) is 1. The first-order valence-electron chi connectivity index (χ1n) is 6.70. The molecule has 2 rings (SSSR count). The molecule has 3 nitrogen and oxygen atoms in total. The molecule has 7 heteroatoms. The van der Waals surface area contributed by atoms with Crippen LogP contribution in [0.2, 0.25) is 0 Å². The van der Waals surface area contributed by atoms with Crippen molar-refractivity contribution in [1.29, 1.82) is 0 Å². The molecular formula is C14H17F3N2OS. The summed E-state index contributed by atoms with van der Waals surface area (Å²) in [5.74, 6) is 0. The third kappa shape index (κ3) is 3.85. The van der Waals surface area contributed by atoms with Crippen molar-refractivity contribution in [3.8, 4) is 0 Å².